The highest BCUT2D eigenvalue weighted by Gasteiger charge is 2.13. The van der Waals surface area contributed by atoms with Crippen molar-refractivity contribution in [3.05, 3.63) is 36.7 Å². The summed E-state index contributed by atoms with van der Waals surface area (Å²) in [4.78, 5) is 12.3. The molecule has 0 aliphatic carbocycles. The maximum atomic E-state index is 5.35. The Morgan fingerprint density at radius 2 is 2.14 bits per heavy atom. The van der Waals surface area contributed by atoms with Gasteiger partial charge in [-0.3, -0.25) is 4.98 Å². The number of aryl methyl sites for hydroxylation is 1. The summed E-state index contributed by atoms with van der Waals surface area (Å²) in [5.74, 6) is 0.850. The topological polar surface area (TPSA) is 55.7 Å². The maximum Gasteiger partial charge on any atom is 0.166 e. The number of fused-ring (bicyclic) bond motifs is 2. The number of nitrogens with one attached hydrogen (secondary N) is 1. The van der Waals surface area contributed by atoms with Crippen LogP contribution in [0.25, 0.3) is 33.3 Å². The smallest absolute Gasteiger partial charge is 0.166 e. The van der Waals surface area contributed by atoms with E-state index in [-0.39, 0.29) is 0 Å². The predicted molar refractivity (Wildman–Crippen MR) is 90.5 cm³/mol. The highest BCUT2D eigenvalue weighted by Crippen LogP contribution is 2.33. The molecule has 0 unspecified atom stereocenters. The number of nitrogens with zero attached hydrogens (tertiary/aromatic N) is 3. The van der Waals surface area contributed by atoms with Crippen LogP contribution in [0.3, 0.4) is 0 Å². The van der Waals surface area contributed by atoms with E-state index in [0.717, 1.165) is 44.7 Å². The summed E-state index contributed by atoms with van der Waals surface area (Å²) in [6.07, 6.45) is 3.89. The van der Waals surface area contributed by atoms with E-state index >= 15 is 0 Å². The fourth-order valence-corrected chi connectivity index (χ4v) is 2.85. The maximum absolute atomic E-state index is 5.35. The van der Waals surface area contributed by atoms with Crippen LogP contribution in [0.15, 0.2) is 36.7 Å². The Bertz CT molecular complexity index is 1000. The zero-order chi connectivity index (χ0) is 15.3. The number of ether oxygens (including phenoxy) is 1. The van der Waals surface area contributed by atoms with Crippen molar-refractivity contribution in [3.8, 4) is 17.0 Å². The standard InChI is InChI=1S/C16H15BN4O/c1-21-8-11(10-5-9(22-2)3-4-14(10)21)12-6-13-16(20-12)18-7-15(17)19-13/h3-8H,17H2,1-2H3,(H,18,20). The number of H-pyrrole nitrogens is 1. The van der Waals surface area contributed by atoms with Gasteiger partial charge in [0.05, 0.1) is 12.8 Å². The number of hydrogen-bond donors (Lipinski definition) is 1. The van der Waals surface area contributed by atoms with Crippen LogP contribution in [0, 0.1) is 0 Å². The molecule has 0 radical (unpaired) electrons. The lowest BCUT2D eigenvalue weighted by Crippen LogP contribution is -2.07. The highest BCUT2D eigenvalue weighted by atomic mass is 16.5. The molecule has 0 aliphatic heterocycles. The number of benzene rings is 1. The van der Waals surface area contributed by atoms with Crippen LogP contribution in [0.1, 0.15) is 0 Å². The van der Waals surface area contributed by atoms with Crippen LogP contribution >= 0.6 is 0 Å². The van der Waals surface area contributed by atoms with Crippen molar-refractivity contribution in [1.29, 1.82) is 0 Å². The van der Waals surface area contributed by atoms with Gasteiger partial charge in [-0.2, -0.15) is 0 Å². The first-order valence-electron chi connectivity index (χ1n) is 7.11. The van der Waals surface area contributed by atoms with Gasteiger partial charge in [0.25, 0.3) is 0 Å². The van der Waals surface area contributed by atoms with Gasteiger partial charge in [-0.25, -0.2) is 4.98 Å². The Kier molecular flexibility index (Phi) is 2.72. The quantitative estimate of drug-likeness (QED) is 0.567. The normalized spacial score (nSPS) is 11.4. The van der Waals surface area contributed by atoms with Gasteiger partial charge in [0.2, 0.25) is 0 Å². The number of hydrogen-bond acceptors (Lipinski definition) is 3. The molecule has 1 N–H and O–H groups in total. The molecule has 4 aromatic rings. The molecule has 0 aliphatic rings. The average Bonchev–Trinajstić information content (AvgIpc) is 3.07. The van der Waals surface area contributed by atoms with Crippen molar-refractivity contribution in [2.75, 3.05) is 7.11 Å². The van der Waals surface area contributed by atoms with E-state index < -0.39 is 0 Å². The Balaban J connectivity index is 1.98. The molecule has 3 aromatic heterocycles. The van der Waals surface area contributed by atoms with E-state index in [1.54, 1.807) is 13.3 Å². The molecule has 4 rings (SSSR count). The van der Waals surface area contributed by atoms with Crippen molar-refractivity contribution in [1.82, 2.24) is 19.5 Å². The van der Waals surface area contributed by atoms with Gasteiger partial charge in [-0.1, -0.05) is 0 Å². The van der Waals surface area contributed by atoms with Crippen LogP contribution < -0.4 is 10.3 Å². The number of aromatic nitrogens is 4. The van der Waals surface area contributed by atoms with Crippen LogP contribution in [0.5, 0.6) is 5.75 Å². The van der Waals surface area contributed by atoms with Crippen LogP contribution in [0.2, 0.25) is 0 Å². The average molecular weight is 290 g/mol. The van der Waals surface area contributed by atoms with E-state index in [1.807, 2.05) is 27.0 Å². The number of aromatic amines is 1. The molecule has 6 heteroatoms. The molecule has 108 valence electrons. The molecule has 0 amide bonds. The lowest BCUT2D eigenvalue weighted by Gasteiger charge is -2.01. The van der Waals surface area contributed by atoms with Crippen LogP contribution in [0.4, 0.5) is 0 Å². The second kappa shape index (κ2) is 4.63. The first-order valence-corrected chi connectivity index (χ1v) is 7.11. The van der Waals surface area contributed by atoms with Crippen LogP contribution in [-0.2, 0) is 7.05 Å². The van der Waals surface area contributed by atoms with E-state index in [9.17, 15) is 0 Å². The molecule has 3 heterocycles. The van der Waals surface area contributed by atoms with Crippen molar-refractivity contribution < 1.29 is 4.74 Å². The van der Waals surface area contributed by atoms with E-state index in [1.165, 1.54) is 0 Å². The van der Waals surface area contributed by atoms with Gasteiger partial charge in [0.15, 0.2) is 13.5 Å². The van der Waals surface area contributed by atoms with Crippen molar-refractivity contribution in [2.24, 2.45) is 7.05 Å². The van der Waals surface area contributed by atoms with Gasteiger partial charge in [0, 0.05) is 41.5 Å². The Labute approximate surface area is 128 Å². The van der Waals surface area contributed by atoms with Crippen molar-refractivity contribution in [3.63, 3.8) is 0 Å². The van der Waals surface area contributed by atoms with E-state index in [4.69, 9.17) is 4.74 Å². The summed E-state index contributed by atoms with van der Waals surface area (Å²) in [5, 5.41) is 1.14. The fraction of sp³-hybridized carbons (Fsp3) is 0.125. The molecule has 0 spiro atoms. The van der Waals surface area contributed by atoms with Gasteiger partial charge in [0.1, 0.15) is 11.3 Å². The Morgan fingerprint density at radius 1 is 1.27 bits per heavy atom. The highest BCUT2D eigenvalue weighted by molar-refractivity contribution is 6.30. The molecule has 5 nitrogen and oxygen atoms in total. The number of methoxy groups -OCH3 is 1. The minimum atomic E-state index is 0.806. The Morgan fingerprint density at radius 3 is 2.95 bits per heavy atom. The first-order chi connectivity index (χ1) is 10.7. The minimum Gasteiger partial charge on any atom is -0.497 e. The summed E-state index contributed by atoms with van der Waals surface area (Å²) < 4.78 is 7.47. The van der Waals surface area contributed by atoms with E-state index in [0.29, 0.717) is 0 Å². The Hall–Kier alpha value is -2.76. The van der Waals surface area contributed by atoms with Crippen molar-refractivity contribution >= 4 is 35.5 Å². The zero-order valence-corrected chi connectivity index (χ0v) is 12.7. The van der Waals surface area contributed by atoms with Gasteiger partial charge in [-0.05, 0) is 24.3 Å². The third kappa shape index (κ3) is 1.88. The molecule has 22 heavy (non-hydrogen) atoms. The zero-order valence-electron chi connectivity index (χ0n) is 12.7. The lowest BCUT2D eigenvalue weighted by atomic mass is 10.1. The summed E-state index contributed by atoms with van der Waals surface area (Å²) in [6.45, 7) is 0. The summed E-state index contributed by atoms with van der Waals surface area (Å²) >= 11 is 0. The SMILES string of the molecule is Bc1cnc2[nH]c(-c3cn(C)c4ccc(OC)cc34)cc2n1. The minimum absolute atomic E-state index is 0.806. The largest absolute Gasteiger partial charge is 0.497 e. The monoisotopic (exact) mass is 290 g/mol. The molecule has 0 saturated carbocycles. The summed E-state index contributed by atoms with van der Waals surface area (Å²) in [5.41, 5.74) is 5.90. The third-order valence-electron chi connectivity index (χ3n) is 3.94. The molecule has 0 atom stereocenters. The third-order valence-corrected chi connectivity index (χ3v) is 3.94. The number of rotatable bonds is 2. The molecular formula is C16H15BN4O. The fourth-order valence-electron chi connectivity index (χ4n) is 2.85. The lowest BCUT2D eigenvalue weighted by molar-refractivity contribution is 0.415. The molecule has 0 saturated heterocycles. The molecule has 0 fully saturated rings. The summed E-state index contributed by atoms with van der Waals surface area (Å²) in [6, 6.07) is 8.15. The van der Waals surface area contributed by atoms with Crippen LogP contribution in [-0.4, -0.2) is 34.5 Å². The second-order valence-corrected chi connectivity index (χ2v) is 5.47. The van der Waals surface area contributed by atoms with E-state index in [2.05, 4.69) is 37.8 Å². The van der Waals surface area contributed by atoms with Gasteiger partial charge >= 0.3 is 0 Å². The molecular weight excluding hydrogens is 275 g/mol. The summed E-state index contributed by atoms with van der Waals surface area (Å²) in [7, 11) is 5.67. The molecule has 0 bridgehead atoms. The van der Waals surface area contributed by atoms with Gasteiger partial charge < -0.3 is 14.3 Å². The first kappa shape index (κ1) is 12.9. The van der Waals surface area contributed by atoms with Gasteiger partial charge in [-0.15, -0.1) is 0 Å². The molecule has 1 aromatic carbocycles. The van der Waals surface area contributed by atoms with Crippen molar-refractivity contribution in [2.45, 2.75) is 0 Å². The predicted octanol–water partition coefficient (Wildman–Crippen LogP) is 1.38. The second-order valence-electron chi connectivity index (χ2n) is 5.47.